The van der Waals surface area contributed by atoms with Gasteiger partial charge in [0.25, 0.3) is 0 Å². The summed E-state index contributed by atoms with van der Waals surface area (Å²) in [5.41, 5.74) is 2.58. The maximum absolute atomic E-state index is 2.42. The van der Waals surface area contributed by atoms with Gasteiger partial charge in [0.15, 0.2) is 0 Å². The minimum Gasteiger partial charge on any atom is -0.135 e. The van der Waals surface area contributed by atoms with Crippen LogP contribution in [0.1, 0.15) is 0 Å². The van der Waals surface area contributed by atoms with Crippen molar-refractivity contribution in [3.63, 3.8) is 0 Å². The number of thiophene rings is 3. The first-order chi connectivity index (χ1) is 23.2. The van der Waals surface area contributed by atoms with E-state index in [0.717, 1.165) is 0 Å². The number of hydrogen-bond acceptors (Lipinski definition) is 3. The first-order valence-electron chi connectivity index (χ1n) is 15.9. The third-order valence-corrected chi connectivity index (χ3v) is 13.1. The second-order valence-electron chi connectivity index (χ2n) is 12.6. The van der Waals surface area contributed by atoms with Crippen molar-refractivity contribution in [1.82, 2.24) is 0 Å². The van der Waals surface area contributed by atoms with Crippen molar-refractivity contribution < 1.29 is 0 Å². The van der Waals surface area contributed by atoms with Gasteiger partial charge in [-0.3, -0.25) is 0 Å². The molecule has 0 aliphatic heterocycles. The van der Waals surface area contributed by atoms with Crippen LogP contribution < -0.4 is 0 Å². The van der Waals surface area contributed by atoms with Crippen LogP contribution in [-0.2, 0) is 0 Å². The summed E-state index contributed by atoms with van der Waals surface area (Å²) in [5.74, 6) is 0. The average Bonchev–Trinajstić information content (AvgIpc) is 3.81. The Labute approximate surface area is 282 Å². The molecule has 3 heteroatoms. The van der Waals surface area contributed by atoms with Crippen LogP contribution in [0.3, 0.4) is 0 Å². The van der Waals surface area contributed by atoms with Crippen LogP contribution in [0.5, 0.6) is 0 Å². The molecule has 0 nitrogen and oxygen atoms in total. The molecule has 11 aromatic rings. The Hall–Kier alpha value is -5.06. The van der Waals surface area contributed by atoms with E-state index in [2.05, 4.69) is 146 Å². The van der Waals surface area contributed by atoms with E-state index in [1.54, 1.807) is 0 Å². The van der Waals surface area contributed by atoms with E-state index >= 15 is 0 Å². The Morgan fingerprint density at radius 2 is 0.660 bits per heavy atom. The molecule has 3 aromatic heterocycles. The fraction of sp³-hybridized carbons (Fsp3) is 0. The monoisotopic (exact) mass is 648 g/mol. The van der Waals surface area contributed by atoms with Crippen LogP contribution in [0.25, 0.3) is 104 Å². The molecule has 0 unspecified atom stereocenters. The third kappa shape index (κ3) is 4.11. The van der Waals surface area contributed by atoms with Crippen molar-refractivity contribution in [1.29, 1.82) is 0 Å². The van der Waals surface area contributed by atoms with Gasteiger partial charge < -0.3 is 0 Å². The lowest BCUT2D eigenvalue weighted by Gasteiger charge is -2.04. The Kier molecular flexibility index (Phi) is 5.39. The fourth-order valence-corrected chi connectivity index (χ4v) is 10.8. The highest BCUT2D eigenvalue weighted by Crippen LogP contribution is 2.44. The van der Waals surface area contributed by atoms with Crippen molar-refractivity contribution in [2.75, 3.05) is 0 Å². The van der Waals surface area contributed by atoms with Gasteiger partial charge in [-0.05, 0) is 138 Å². The van der Waals surface area contributed by atoms with Crippen molar-refractivity contribution in [2.24, 2.45) is 0 Å². The topological polar surface area (TPSA) is 0 Å². The Balaban J connectivity index is 0.996. The molecule has 0 bridgehead atoms. The van der Waals surface area contributed by atoms with E-state index in [1.807, 2.05) is 34.0 Å². The van der Waals surface area contributed by atoms with Gasteiger partial charge in [-0.2, -0.15) is 0 Å². The smallest absolute Gasteiger partial charge is 0.0369 e. The van der Waals surface area contributed by atoms with Crippen LogP contribution >= 0.6 is 34.0 Å². The summed E-state index contributed by atoms with van der Waals surface area (Å²) in [6.07, 6.45) is 0. The molecule has 11 rings (SSSR count). The fourth-order valence-electron chi connectivity index (χ4n) is 7.32. The molecule has 47 heavy (non-hydrogen) atoms. The van der Waals surface area contributed by atoms with E-state index in [9.17, 15) is 0 Å². The van der Waals surface area contributed by atoms with Crippen molar-refractivity contribution in [3.05, 3.63) is 146 Å². The number of rotatable bonds is 2. The number of fused-ring (bicyclic) bond motifs is 9. The minimum atomic E-state index is 1.29. The van der Waals surface area contributed by atoms with Crippen LogP contribution in [0, 0.1) is 0 Å². The molecule has 0 aliphatic carbocycles. The molecule has 218 valence electrons. The van der Waals surface area contributed by atoms with Gasteiger partial charge in [0.05, 0.1) is 0 Å². The Morgan fingerprint density at radius 1 is 0.255 bits per heavy atom. The predicted molar refractivity (Wildman–Crippen MR) is 211 cm³/mol. The van der Waals surface area contributed by atoms with Crippen LogP contribution in [0.4, 0.5) is 0 Å². The second-order valence-corrected chi connectivity index (χ2v) is 15.9. The van der Waals surface area contributed by atoms with E-state index < -0.39 is 0 Å². The van der Waals surface area contributed by atoms with Gasteiger partial charge in [0, 0.05) is 39.3 Å². The molecule has 0 amide bonds. The van der Waals surface area contributed by atoms with Gasteiger partial charge >= 0.3 is 0 Å². The highest BCUT2D eigenvalue weighted by molar-refractivity contribution is 7.27. The van der Waals surface area contributed by atoms with Gasteiger partial charge in [0.1, 0.15) is 0 Å². The summed E-state index contributed by atoms with van der Waals surface area (Å²) >= 11 is 5.72. The second kappa shape index (κ2) is 9.73. The number of benzene rings is 8. The molecule has 0 saturated heterocycles. The van der Waals surface area contributed by atoms with Crippen molar-refractivity contribution in [3.8, 4) is 20.9 Å². The highest BCUT2D eigenvalue weighted by atomic mass is 32.1. The van der Waals surface area contributed by atoms with Gasteiger partial charge in [-0.1, -0.05) is 72.8 Å². The Morgan fingerprint density at radius 3 is 1.11 bits per heavy atom. The summed E-state index contributed by atoms with van der Waals surface area (Å²) in [4.78, 5) is 2.65. The van der Waals surface area contributed by atoms with Crippen LogP contribution in [0.2, 0.25) is 0 Å². The molecule has 0 N–H and O–H groups in total. The molecular formula is C44H24S3. The zero-order chi connectivity index (χ0) is 30.6. The molecule has 0 saturated carbocycles. The Bertz CT molecular complexity index is 2870. The van der Waals surface area contributed by atoms with Gasteiger partial charge in [-0.25, -0.2) is 0 Å². The quantitative estimate of drug-likeness (QED) is 0.164. The van der Waals surface area contributed by atoms with E-state index in [1.165, 1.54) is 104 Å². The van der Waals surface area contributed by atoms with Crippen LogP contribution in [0.15, 0.2) is 146 Å². The van der Waals surface area contributed by atoms with Crippen molar-refractivity contribution >= 4 is 117 Å². The van der Waals surface area contributed by atoms with Crippen molar-refractivity contribution in [2.45, 2.75) is 0 Å². The van der Waals surface area contributed by atoms with E-state index in [-0.39, 0.29) is 0 Å². The molecular weight excluding hydrogens is 625 g/mol. The molecule has 0 aliphatic rings. The van der Waals surface area contributed by atoms with E-state index in [4.69, 9.17) is 0 Å². The van der Waals surface area contributed by atoms with Gasteiger partial charge in [0.2, 0.25) is 0 Å². The van der Waals surface area contributed by atoms with Gasteiger partial charge in [-0.15, -0.1) is 34.0 Å². The largest absolute Gasteiger partial charge is 0.135 e. The average molecular weight is 649 g/mol. The molecule has 0 fully saturated rings. The minimum absolute atomic E-state index is 1.29. The zero-order valence-corrected chi connectivity index (χ0v) is 27.5. The summed E-state index contributed by atoms with van der Waals surface area (Å²) in [6, 6.07) is 54.7. The maximum atomic E-state index is 2.42. The highest BCUT2D eigenvalue weighted by Gasteiger charge is 2.14. The predicted octanol–water partition coefficient (Wildman–Crippen LogP) is 14.4. The standard InChI is InChI=1S/C44H24S3/c1-3-7-27-15-33-17-31(11-9-29(33)13-25(27)5-1)39-21-35-19-37-38-20-36-22-40(46-42(36)24-44(38)47-43(37)23-41(35)45-39)32-12-10-30-14-26-6-2-4-8-28(26)16-34(30)18-32/h1-24H. The molecule has 0 atom stereocenters. The van der Waals surface area contributed by atoms with Crippen LogP contribution in [-0.4, -0.2) is 0 Å². The molecule has 3 heterocycles. The number of hydrogen-bond donors (Lipinski definition) is 0. The normalized spacial score (nSPS) is 12.3. The molecule has 0 spiro atoms. The maximum Gasteiger partial charge on any atom is 0.0369 e. The van der Waals surface area contributed by atoms with E-state index in [0.29, 0.717) is 0 Å². The summed E-state index contributed by atoms with van der Waals surface area (Å²) < 4.78 is 5.44. The molecule has 8 aromatic carbocycles. The lowest BCUT2D eigenvalue weighted by Crippen LogP contribution is -1.78. The lowest BCUT2D eigenvalue weighted by molar-refractivity contribution is 1.75. The lowest BCUT2D eigenvalue weighted by atomic mass is 10.0. The molecule has 0 radical (unpaired) electrons. The third-order valence-electron chi connectivity index (χ3n) is 9.73. The first kappa shape index (κ1) is 26.1. The summed E-state index contributed by atoms with van der Waals surface area (Å²) in [5, 5.41) is 15.7. The summed E-state index contributed by atoms with van der Waals surface area (Å²) in [7, 11) is 0. The SMILES string of the molecule is c1ccc2cc3cc(-c4cc5cc6c(cc5s4)sc4cc5sc(-c7ccc8cc9ccccc9cc8c7)cc5cc46)ccc3cc2c1. The zero-order valence-electron chi connectivity index (χ0n) is 25.1. The first-order valence-corrected chi connectivity index (χ1v) is 18.3. The summed E-state index contributed by atoms with van der Waals surface area (Å²) in [6.45, 7) is 0.